The van der Waals surface area contributed by atoms with Crippen molar-refractivity contribution in [1.29, 1.82) is 0 Å². The number of aliphatic carboxylic acids is 1. The summed E-state index contributed by atoms with van der Waals surface area (Å²) in [6, 6.07) is 0. The summed E-state index contributed by atoms with van der Waals surface area (Å²) >= 11 is 0. The highest BCUT2D eigenvalue weighted by atomic mass is 16.4. The van der Waals surface area contributed by atoms with Crippen molar-refractivity contribution >= 4 is 11.9 Å². The second-order valence-corrected chi connectivity index (χ2v) is 3.02. The van der Waals surface area contributed by atoms with Crippen molar-refractivity contribution in [2.75, 3.05) is 6.54 Å². The number of carbonyl (C=O) groups excluding carboxylic acids is 1. The minimum Gasteiger partial charge on any atom is -0.478 e. The third kappa shape index (κ3) is 3.71. The Hall–Kier alpha value is -1.14. The number of carbonyl (C=O) groups is 2. The Labute approximate surface area is 82.1 Å². The van der Waals surface area contributed by atoms with Crippen LogP contribution in [0.2, 0.25) is 0 Å². The molecule has 0 radical (unpaired) electrons. The lowest BCUT2D eigenvalue weighted by atomic mass is 10.1. The van der Waals surface area contributed by atoms with Crippen LogP contribution in [0.3, 0.4) is 0 Å². The lowest BCUT2D eigenvalue weighted by Gasteiger charge is -2.24. The van der Waals surface area contributed by atoms with Crippen LogP contribution in [0.5, 0.6) is 0 Å². The van der Waals surface area contributed by atoms with Gasteiger partial charge in [-0.1, -0.05) is 13.3 Å². The number of carboxylic acids is 1. The molecule has 1 atom stereocenters. The van der Waals surface area contributed by atoms with Gasteiger partial charge in [0.1, 0.15) is 0 Å². The Morgan fingerprint density at radius 2 is 2.07 bits per heavy atom. The van der Waals surface area contributed by atoms with Gasteiger partial charge in [0.25, 0.3) is 0 Å². The first kappa shape index (κ1) is 12.9. The summed E-state index contributed by atoms with van der Waals surface area (Å²) in [4.78, 5) is 21.5. The molecule has 0 fully saturated rings. The molecule has 0 spiro atoms. The minimum absolute atomic E-state index is 0.0232. The van der Waals surface area contributed by atoms with E-state index in [0.717, 1.165) is 6.42 Å². The number of rotatable bonds is 6. The van der Waals surface area contributed by atoms with Crippen LogP contribution in [-0.2, 0) is 9.59 Å². The third-order valence-electron chi connectivity index (χ3n) is 1.78. The quantitative estimate of drug-likeness (QED) is 0.415. The number of nitrogens with two attached hydrogens (primary N) is 1. The third-order valence-corrected chi connectivity index (χ3v) is 1.78. The van der Waals surface area contributed by atoms with Gasteiger partial charge in [-0.25, -0.2) is 4.79 Å². The topological polar surface area (TPSA) is 113 Å². The second-order valence-electron chi connectivity index (χ2n) is 3.02. The highest BCUT2D eigenvalue weighted by Gasteiger charge is 2.36. The number of nitrogens with one attached hydrogen (secondary N) is 1. The molecule has 1 amide bonds. The Morgan fingerprint density at radius 1 is 1.50 bits per heavy atom. The summed E-state index contributed by atoms with van der Waals surface area (Å²) in [5.74, 6) is -2.15. The fourth-order valence-electron chi connectivity index (χ4n) is 0.937. The van der Waals surface area contributed by atoms with Crippen LogP contribution in [-0.4, -0.2) is 34.4 Å². The molecule has 5 N–H and O–H groups in total. The van der Waals surface area contributed by atoms with E-state index in [0.29, 0.717) is 6.42 Å². The Bertz CT molecular complexity index is 219. The Morgan fingerprint density at radius 3 is 2.43 bits per heavy atom. The van der Waals surface area contributed by atoms with E-state index >= 15 is 0 Å². The summed E-state index contributed by atoms with van der Waals surface area (Å²) in [6.07, 6.45) is 1.21. The molecular weight excluding hydrogens is 188 g/mol. The van der Waals surface area contributed by atoms with Gasteiger partial charge in [0.15, 0.2) is 0 Å². The minimum atomic E-state index is -2.19. The standard InChI is InChI=1S/C8H16N2O4/c1-2-3-4-8(14,7(12)13)10-6(11)5-9/h14H,2-5,9H2,1H3,(H,10,11)(H,12,13). The normalized spacial score (nSPS) is 14.5. The fraction of sp³-hybridized carbons (Fsp3) is 0.750. The molecular formula is C8H16N2O4. The van der Waals surface area contributed by atoms with Crippen molar-refractivity contribution in [1.82, 2.24) is 5.32 Å². The van der Waals surface area contributed by atoms with Gasteiger partial charge in [0, 0.05) is 6.42 Å². The molecule has 14 heavy (non-hydrogen) atoms. The van der Waals surface area contributed by atoms with E-state index in [4.69, 9.17) is 10.8 Å². The van der Waals surface area contributed by atoms with Crippen molar-refractivity contribution in [3.63, 3.8) is 0 Å². The number of carboxylic acid groups (broad SMARTS) is 1. The van der Waals surface area contributed by atoms with E-state index in [1.54, 1.807) is 0 Å². The first-order valence-electron chi connectivity index (χ1n) is 4.43. The lowest BCUT2D eigenvalue weighted by molar-refractivity contribution is -0.166. The second kappa shape index (κ2) is 5.56. The van der Waals surface area contributed by atoms with Crippen LogP contribution in [0.15, 0.2) is 0 Å². The van der Waals surface area contributed by atoms with Gasteiger partial charge in [-0.2, -0.15) is 0 Å². The van der Waals surface area contributed by atoms with Crippen LogP contribution in [0.4, 0.5) is 0 Å². The highest BCUT2D eigenvalue weighted by Crippen LogP contribution is 2.11. The first-order chi connectivity index (χ1) is 6.46. The molecule has 0 bridgehead atoms. The lowest BCUT2D eigenvalue weighted by Crippen LogP contribution is -2.55. The van der Waals surface area contributed by atoms with Gasteiger partial charge in [-0.15, -0.1) is 0 Å². The SMILES string of the molecule is CCCCC(O)(NC(=O)CN)C(=O)O. The zero-order valence-electron chi connectivity index (χ0n) is 8.12. The Kier molecular flexibility index (Phi) is 5.11. The molecule has 0 aromatic heterocycles. The van der Waals surface area contributed by atoms with Gasteiger partial charge in [0.2, 0.25) is 11.6 Å². The largest absolute Gasteiger partial charge is 0.478 e. The van der Waals surface area contributed by atoms with Crippen molar-refractivity contribution in [2.45, 2.75) is 31.9 Å². The van der Waals surface area contributed by atoms with Crippen molar-refractivity contribution in [3.05, 3.63) is 0 Å². The smallest absolute Gasteiger partial charge is 0.357 e. The fourth-order valence-corrected chi connectivity index (χ4v) is 0.937. The molecule has 6 heteroatoms. The molecule has 0 rings (SSSR count). The monoisotopic (exact) mass is 204 g/mol. The van der Waals surface area contributed by atoms with Crippen molar-refractivity contribution < 1.29 is 19.8 Å². The van der Waals surface area contributed by atoms with Gasteiger partial charge in [0.05, 0.1) is 6.54 Å². The van der Waals surface area contributed by atoms with Crippen LogP contribution in [0.1, 0.15) is 26.2 Å². The van der Waals surface area contributed by atoms with Crippen LogP contribution < -0.4 is 11.1 Å². The van der Waals surface area contributed by atoms with Crippen LogP contribution in [0, 0.1) is 0 Å². The summed E-state index contributed by atoms with van der Waals surface area (Å²) in [7, 11) is 0. The van der Waals surface area contributed by atoms with Gasteiger partial charge in [-0.05, 0) is 6.42 Å². The maximum Gasteiger partial charge on any atom is 0.357 e. The summed E-state index contributed by atoms with van der Waals surface area (Å²) in [6.45, 7) is 1.51. The molecule has 0 aliphatic rings. The van der Waals surface area contributed by atoms with E-state index in [2.05, 4.69) is 0 Å². The number of hydrogen-bond donors (Lipinski definition) is 4. The van der Waals surface area contributed by atoms with Crippen molar-refractivity contribution in [2.24, 2.45) is 5.73 Å². The molecule has 0 saturated carbocycles. The van der Waals surface area contributed by atoms with Crippen LogP contribution in [0.25, 0.3) is 0 Å². The maximum atomic E-state index is 10.8. The van der Waals surface area contributed by atoms with Gasteiger partial charge < -0.3 is 21.3 Å². The number of unbranched alkanes of at least 4 members (excludes halogenated alkanes) is 1. The van der Waals surface area contributed by atoms with E-state index in [9.17, 15) is 14.7 Å². The molecule has 6 nitrogen and oxygen atoms in total. The zero-order valence-corrected chi connectivity index (χ0v) is 8.12. The molecule has 0 aromatic carbocycles. The molecule has 82 valence electrons. The molecule has 0 aliphatic heterocycles. The average molecular weight is 204 g/mol. The van der Waals surface area contributed by atoms with E-state index < -0.39 is 17.6 Å². The zero-order chi connectivity index (χ0) is 11.2. The van der Waals surface area contributed by atoms with Crippen molar-refractivity contribution in [3.8, 4) is 0 Å². The predicted octanol–water partition coefficient (Wildman–Crippen LogP) is -0.975. The molecule has 0 saturated heterocycles. The van der Waals surface area contributed by atoms with E-state index in [1.807, 2.05) is 12.2 Å². The first-order valence-corrected chi connectivity index (χ1v) is 4.43. The summed E-state index contributed by atoms with van der Waals surface area (Å²) in [5.41, 5.74) is 2.80. The van der Waals surface area contributed by atoms with E-state index in [-0.39, 0.29) is 13.0 Å². The summed E-state index contributed by atoms with van der Waals surface area (Å²) in [5, 5.41) is 20.2. The average Bonchev–Trinajstić information content (AvgIpc) is 2.14. The van der Waals surface area contributed by atoms with Gasteiger partial charge in [-0.3, -0.25) is 4.79 Å². The van der Waals surface area contributed by atoms with Gasteiger partial charge >= 0.3 is 5.97 Å². The van der Waals surface area contributed by atoms with E-state index in [1.165, 1.54) is 0 Å². The molecule has 1 unspecified atom stereocenters. The summed E-state index contributed by atoms with van der Waals surface area (Å²) < 4.78 is 0. The Balaban J connectivity index is 4.39. The molecule has 0 aliphatic carbocycles. The predicted molar refractivity (Wildman–Crippen MR) is 49.3 cm³/mol. The highest BCUT2D eigenvalue weighted by molar-refractivity contribution is 5.86. The van der Waals surface area contributed by atoms with Crippen LogP contribution >= 0.6 is 0 Å². The number of aliphatic hydroxyl groups is 1. The maximum absolute atomic E-state index is 10.8. The number of amides is 1. The molecule has 0 heterocycles. The molecule has 0 aromatic rings. The number of hydrogen-bond acceptors (Lipinski definition) is 4.